The number of nitrogens with zero attached hydrogens (tertiary/aromatic N) is 1. The van der Waals surface area contributed by atoms with Gasteiger partial charge in [-0.25, -0.2) is 12.6 Å². The maximum atomic E-state index is 12.6. The lowest BCUT2D eigenvalue weighted by atomic mass is 9.80. The van der Waals surface area contributed by atoms with Gasteiger partial charge in [-0.05, 0) is 30.7 Å². The average molecular weight is 708 g/mol. The zero-order valence-corrected chi connectivity index (χ0v) is 25.1. The highest BCUT2D eigenvalue weighted by molar-refractivity contribution is 7.91. The van der Waals surface area contributed by atoms with Gasteiger partial charge >= 0.3 is 10.4 Å². The summed E-state index contributed by atoms with van der Waals surface area (Å²) in [4.78, 5) is 10.0. The molecule has 2 aliphatic rings. The first-order valence-electron chi connectivity index (χ1n) is 11.1. The number of hydrogen-bond acceptors (Lipinski definition) is 15. The topological polar surface area (TPSA) is 314 Å². The number of ketones is 1. The second kappa shape index (κ2) is 12.1. The smallest absolute Gasteiger partial charge is 0.368 e. The lowest BCUT2D eigenvalue weighted by molar-refractivity contribution is -0.111. The maximum Gasteiger partial charge on any atom is 0.397 e. The summed E-state index contributed by atoms with van der Waals surface area (Å²) in [6.07, 6.45) is 2.40. The molecule has 1 atom stereocenters. The molecule has 0 saturated carbocycles. The van der Waals surface area contributed by atoms with Crippen LogP contribution in [-0.4, -0.2) is 90.0 Å². The Morgan fingerprint density at radius 2 is 1.56 bits per heavy atom. The van der Waals surface area contributed by atoms with Crippen LogP contribution < -0.4 is 10.7 Å². The second-order valence-electron chi connectivity index (χ2n) is 8.62. The normalized spacial score (nSPS) is 19.3. The van der Waals surface area contributed by atoms with Crippen molar-refractivity contribution in [2.24, 2.45) is 11.0 Å². The van der Waals surface area contributed by atoms with Crippen LogP contribution in [0.25, 0.3) is 0 Å². The summed E-state index contributed by atoms with van der Waals surface area (Å²) in [5.41, 5.74) is 1.01. The molecule has 0 aliphatic heterocycles. The molecule has 24 heteroatoms. The van der Waals surface area contributed by atoms with E-state index in [4.69, 9.17) is 9.11 Å². The van der Waals surface area contributed by atoms with Crippen LogP contribution in [0.3, 0.4) is 0 Å². The van der Waals surface area contributed by atoms with E-state index < -0.39 is 107 Å². The van der Waals surface area contributed by atoms with Crippen LogP contribution in [0.5, 0.6) is 0 Å². The van der Waals surface area contributed by atoms with E-state index in [0.717, 1.165) is 18.2 Å². The molecule has 1 unspecified atom stereocenters. The second-order valence-corrected chi connectivity index (χ2v) is 16.1. The van der Waals surface area contributed by atoms with Crippen molar-refractivity contribution in [3.8, 4) is 0 Å². The molecule has 0 aromatic heterocycles. The quantitative estimate of drug-likeness (QED) is 0.111. The van der Waals surface area contributed by atoms with Crippen molar-refractivity contribution >= 4 is 67.8 Å². The van der Waals surface area contributed by atoms with Gasteiger partial charge < -0.3 is 5.32 Å². The number of allylic oxidation sites excluding steroid dienone is 6. The Balaban J connectivity index is 2.06. The maximum absolute atomic E-state index is 12.6. The van der Waals surface area contributed by atoms with Crippen molar-refractivity contribution in [1.82, 2.24) is 5.32 Å². The molecule has 43 heavy (non-hydrogen) atoms. The molecule has 238 valence electrons. The van der Waals surface area contributed by atoms with Crippen molar-refractivity contribution in [3.05, 3.63) is 52.6 Å². The Morgan fingerprint density at radius 1 is 0.907 bits per heavy atom. The Bertz CT molecular complexity index is 2030. The van der Waals surface area contributed by atoms with E-state index in [-0.39, 0.29) is 17.0 Å². The van der Waals surface area contributed by atoms with Crippen molar-refractivity contribution in [2.75, 3.05) is 23.7 Å². The van der Waals surface area contributed by atoms with Gasteiger partial charge in [0, 0.05) is 17.6 Å². The summed E-state index contributed by atoms with van der Waals surface area (Å²) in [5.74, 6) is -4.29. The van der Waals surface area contributed by atoms with Gasteiger partial charge in [-0.2, -0.15) is 38.8 Å². The molecule has 1 aromatic carbocycles. The number of hydrazone groups is 1. The number of sulfone groups is 1. The van der Waals surface area contributed by atoms with Gasteiger partial charge in [0.1, 0.15) is 10.8 Å². The molecular formula is C19H21N3O16S5. The molecule has 0 saturated heterocycles. The fourth-order valence-corrected chi connectivity index (χ4v) is 7.01. The minimum atomic E-state index is -5.21. The van der Waals surface area contributed by atoms with Gasteiger partial charge in [0.25, 0.3) is 30.4 Å². The number of benzene rings is 1. The third-order valence-electron chi connectivity index (χ3n) is 5.64. The van der Waals surface area contributed by atoms with E-state index in [1.54, 1.807) is 0 Å². The Morgan fingerprint density at radius 3 is 2.12 bits per heavy atom. The summed E-state index contributed by atoms with van der Waals surface area (Å²) in [7, 11) is -24.2. The SMILES string of the molecule is O=C1C=C(S(=O)(=O)O)CC2C1=CC=C(NCS(=O)(=O)O)/C2=N\Nc1ccc(S(=O)(=O)CCOS(=O)(=O)O)cc1S(=O)(=O)O. The van der Waals surface area contributed by atoms with Crippen LogP contribution in [0.2, 0.25) is 0 Å². The number of rotatable bonds is 12. The molecule has 19 nitrogen and oxygen atoms in total. The van der Waals surface area contributed by atoms with Gasteiger partial charge in [0.15, 0.2) is 15.6 Å². The van der Waals surface area contributed by atoms with Gasteiger partial charge in [0.2, 0.25) is 0 Å². The standard InChI is InChI=1S/C19H21N3O16S5/c23-17-8-12(41(29,30)31)7-14-13(17)2-4-16(20-10-40(26,27)28)19(14)22-21-15-3-1-11(9-18(15)42(32,33)34)39(24,25)6-5-38-43(35,36)37/h1-4,8-9,14,20-21H,5-7,10H2,(H,26,27,28)(H,29,30,31)(H,32,33,34)(H,35,36,37)/b22-19-. The Labute approximate surface area is 245 Å². The van der Waals surface area contributed by atoms with Crippen LogP contribution in [0, 0.1) is 5.92 Å². The monoisotopic (exact) mass is 707 g/mol. The zero-order valence-electron chi connectivity index (χ0n) is 21.0. The number of carbonyl (C=O) groups is 1. The molecule has 6 N–H and O–H groups in total. The minimum absolute atomic E-state index is 0.0751. The molecular weight excluding hydrogens is 687 g/mol. The Hall–Kier alpha value is -3.07. The molecule has 0 radical (unpaired) electrons. The van der Waals surface area contributed by atoms with E-state index >= 15 is 0 Å². The van der Waals surface area contributed by atoms with Crippen LogP contribution in [-0.2, 0) is 59.6 Å². The fourth-order valence-electron chi connectivity index (χ4n) is 3.79. The van der Waals surface area contributed by atoms with Crippen LogP contribution >= 0.6 is 0 Å². The number of nitrogens with one attached hydrogen (secondary N) is 2. The molecule has 1 aromatic rings. The summed E-state index contributed by atoms with van der Waals surface area (Å²) in [6, 6.07) is 2.11. The lowest BCUT2D eigenvalue weighted by Gasteiger charge is -2.29. The van der Waals surface area contributed by atoms with E-state index in [2.05, 4.69) is 20.0 Å². The van der Waals surface area contributed by atoms with Crippen LogP contribution in [0.15, 0.2) is 67.5 Å². The molecule has 0 heterocycles. The number of hydrogen-bond donors (Lipinski definition) is 6. The van der Waals surface area contributed by atoms with Crippen molar-refractivity contribution in [2.45, 2.75) is 16.2 Å². The summed E-state index contributed by atoms with van der Waals surface area (Å²) >= 11 is 0. The predicted octanol–water partition coefficient (Wildman–Crippen LogP) is -1.09. The van der Waals surface area contributed by atoms with Gasteiger partial charge in [-0.1, -0.05) is 6.08 Å². The van der Waals surface area contributed by atoms with E-state index in [0.29, 0.717) is 12.1 Å². The molecule has 0 bridgehead atoms. The first-order chi connectivity index (χ1) is 19.5. The summed E-state index contributed by atoms with van der Waals surface area (Å²) in [6.45, 7) is -1.04. The van der Waals surface area contributed by atoms with E-state index in [1.807, 2.05) is 0 Å². The largest absolute Gasteiger partial charge is 0.397 e. The highest BCUT2D eigenvalue weighted by Crippen LogP contribution is 2.35. The van der Waals surface area contributed by atoms with Crippen LogP contribution in [0.4, 0.5) is 5.69 Å². The van der Waals surface area contributed by atoms with Gasteiger partial charge in [-0.15, -0.1) is 0 Å². The molecule has 3 rings (SSSR count). The molecule has 2 aliphatic carbocycles. The van der Waals surface area contributed by atoms with E-state index in [1.165, 1.54) is 6.08 Å². The fraction of sp³-hybridized carbons (Fsp3) is 0.263. The van der Waals surface area contributed by atoms with Crippen molar-refractivity contribution in [3.63, 3.8) is 0 Å². The molecule has 0 fully saturated rings. The highest BCUT2D eigenvalue weighted by Gasteiger charge is 2.37. The lowest BCUT2D eigenvalue weighted by Crippen LogP contribution is -2.36. The molecule has 0 amide bonds. The summed E-state index contributed by atoms with van der Waals surface area (Å²) in [5, 5.41) is 6.24. The number of anilines is 1. The average Bonchev–Trinajstić information content (AvgIpc) is 2.83. The first-order valence-corrected chi connectivity index (χ1v) is 18.6. The number of carbonyl (C=O) groups excluding carboxylic acids is 1. The van der Waals surface area contributed by atoms with E-state index in [9.17, 15) is 56.0 Å². The van der Waals surface area contributed by atoms with Crippen molar-refractivity contribution in [1.29, 1.82) is 0 Å². The third kappa shape index (κ3) is 9.21. The van der Waals surface area contributed by atoms with Gasteiger partial charge in [-0.3, -0.25) is 28.4 Å². The van der Waals surface area contributed by atoms with Crippen LogP contribution in [0.1, 0.15) is 6.42 Å². The Kier molecular flexibility index (Phi) is 9.72. The minimum Gasteiger partial charge on any atom is -0.368 e. The molecule has 0 spiro atoms. The number of fused-ring (bicyclic) bond motifs is 1. The first kappa shape index (κ1) is 34.4. The predicted molar refractivity (Wildman–Crippen MR) is 145 cm³/mol. The van der Waals surface area contributed by atoms with Gasteiger partial charge in [0.05, 0.1) is 39.3 Å². The zero-order chi connectivity index (χ0) is 32.6. The third-order valence-corrected chi connectivity index (χ3v) is 10.1. The summed E-state index contributed by atoms with van der Waals surface area (Å²) < 4.78 is 157. The van der Waals surface area contributed by atoms with Crippen molar-refractivity contribution < 1.29 is 69.3 Å². The highest BCUT2D eigenvalue weighted by atomic mass is 32.3.